The standard InChI is InChI=1S/C30H25BrN2O4/c1-3-37-29(35)30(18-32)25-16-14-19-9-7-8-12-23(19)33(25)27(26(30)20-10-5-4-6-11-20)28(34)21-13-15-24(36-2)22(31)17-21/h4-17,25-27H,3H2,1-2H3/t25-,26-,27-,30-/m0/s1. The summed E-state index contributed by atoms with van der Waals surface area (Å²) in [5.41, 5.74) is 1.23. The molecule has 37 heavy (non-hydrogen) atoms. The fourth-order valence-electron chi connectivity index (χ4n) is 5.64. The van der Waals surface area contributed by atoms with E-state index < -0.39 is 29.4 Å². The summed E-state index contributed by atoms with van der Waals surface area (Å²) in [6, 6.07) is 23.0. The van der Waals surface area contributed by atoms with E-state index in [0.717, 1.165) is 16.8 Å². The number of hydrogen-bond acceptors (Lipinski definition) is 6. The van der Waals surface area contributed by atoms with E-state index in [9.17, 15) is 14.9 Å². The van der Waals surface area contributed by atoms with E-state index in [1.54, 1.807) is 32.2 Å². The minimum Gasteiger partial charge on any atom is -0.496 e. The van der Waals surface area contributed by atoms with Gasteiger partial charge in [0.2, 0.25) is 0 Å². The highest BCUT2D eigenvalue weighted by Crippen LogP contribution is 2.56. The number of ketones is 1. The number of methoxy groups -OCH3 is 1. The van der Waals surface area contributed by atoms with Gasteiger partial charge in [0.05, 0.1) is 30.3 Å². The van der Waals surface area contributed by atoms with Crippen LogP contribution in [0.5, 0.6) is 5.75 Å². The van der Waals surface area contributed by atoms with E-state index in [-0.39, 0.29) is 12.4 Å². The molecule has 0 radical (unpaired) electrons. The molecule has 3 aromatic carbocycles. The summed E-state index contributed by atoms with van der Waals surface area (Å²) >= 11 is 3.49. The topological polar surface area (TPSA) is 79.6 Å². The first-order valence-electron chi connectivity index (χ1n) is 12.0. The number of benzene rings is 3. The second-order valence-electron chi connectivity index (χ2n) is 9.02. The number of anilines is 1. The lowest BCUT2D eigenvalue weighted by atomic mass is 9.68. The SMILES string of the molecule is CCOC(=O)[C@@]1(C#N)[C@@H]2C=Cc3ccccc3N2[C@H](C(=O)c2ccc(OC)c(Br)c2)[C@@H]1c1ccccc1. The van der Waals surface area contributed by atoms with Crippen LogP contribution in [0.4, 0.5) is 5.69 Å². The van der Waals surface area contributed by atoms with Gasteiger partial charge in [-0.25, -0.2) is 0 Å². The number of carbonyl (C=O) groups excluding carboxylic acids is 2. The summed E-state index contributed by atoms with van der Waals surface area (Å²) in [6.07, 6.45) is 3.77. The number of fused-ring (bicyclic) bond motifs is 3. The van der Waals surface area contributed by atoms with E-state index in [2.05, 4.69) is 22.0 Å². The van der Waals surface area contributed by atoms with Crippen molar-refractivity contribution in [3.05, 3.63) is 100 Å². The lowest BCUT2D eigenvalue weighted by Crippen LogP contribution is -2.47. The highest BCUT2D eigenvalue weighted by molar-refractivity contribution is 9.10. The summed E-state index contributed by atoms with van der Waals surface area (Å²) in [6.45, 7) is 1.84. The molecule has 0 aliphatic carbocycles. The van der Waals surface area contributed by atoms with Gasteiger partial charge < -0.3 is 14.4 Å². The third kappa shape index (κ3) is 3.84. The first-order valence-corrected chi connectivity index (χ1v) is 12.8. The lowest BCUT2D eigenvalue weighted by molar-refractivity contribution is -0.152. The molecule has 7 heteroatoms. The summed E-state index contributed by atoms with van der Waals surface area (Å²) in [4.78, 5) is 30.1. The lowest BCUT2D eigenvalue weighted by Gasteiger charge is -2.36. The minimum atomic E-state index is -1.65. The molecule has 0 saturated carbocycles. The molecule has 5 rings (SSSR count). The van der Waals surface area contributed by atoms with Crippen LogP contribution in [0.15, 0.2) is 83.3 Å². The molecule has 1 saturated heterocycles. The molecule has 2 aliphatic heterocycles. The molecule has 186 valence electrons. The Bertz CT molecular complexity index is 1430. The van der Waals surface area contributed by atoms with Gasteiger partial charge in [0, 0.05) is 17.2 Å². The molecular formula is C30H25BrN2O4. The Kier molecular flexibility index (Phi) is 6.61. The van der Waals surface area contributed by atoms with Crippen molar-refractivity contribution in [2.75, 3.05) is 18.6 Å². The number of nitrogens with zero attached hydrogens (tertiary/aromatic N) is 2. The Morgan fingerprint density at radius 2 is 1.81 bits per heavy atom. The Morgan fingerprint density at radius 3 is 2.49 bits per heavy atom. The van der Waals surface area contributed by atoms with Gasteiger partial charge in [-0.3, -0.25) is 9.59 Å². The monoisotopic (exact) mass is 556 g/mol. The van der Waals surface area contributed by atoms with Gasteiger partial charge in [0.25, 0.3) is 0 Å². The van der Waals surface area contributed by atoms with Crippen LogP contribution in [0.2, 0.25) is 0 Å². The Hall–Kier alpha value is -3.89. The molecule has 6 nitrogen and oxygen atoms in total. The zero-order chi connectivity index (χ0) is 26.2. The van der Waals surface area contributed by atoms with Crippen LogP contribution in [0.25, 0.3) is 6.08 Å². The summed E-state index contributed by atoms with van der Waals surface area (Å²) in [7, 11) is 1.56. The molecule has 4 atom stereocenters. The number of esters is 1. The average Bonchev–Trinajstić information content (AvgIpc) is 3.25. The molecule has 0 bridgehead atoms. The van der Waals surface area contributed by atoms with E-state index in [1.807, 2.05) is 71.6 Å². The maximum absolute atomic E-state index is 14.4. The van der Waals surface area contributed by atoms with Crippen molar-refractivity contribution in [3.63, 3.8) is 0 Å². The summed E-state index contributed by atoms with van der Waals surface area (Å²) < 4.78 is 11.5. The molecule has 1 fully saturated rings. The molecular weight excluding hydrogens is 532 g/mol. The number of Topliss-reactive ketones (excluding diaryl/α,β-unsaturated/α-hetero) is 1. The third-order valence-electron chi connectivity index (χ3n) is 7.21. The molecule has 0 aromatic heterocycles. The molecule has 0 spiro atoms. The van der Waals surface area contributed by atoms with Gasteiger partial charge in [-0.1, -0.05) is 60.7 Å². The molecule has 2 heterocycles. The number of ether oxygens (including phenoxy) is 2. The van der Waals surface area contributed by atoms with Gasteiger partial charge in [0.1, 0.15) is 11.8 Å². The fraction of sp³-hybridized carbons (Fsp3) is 0.233. The molecule has 3 aromatic rings. The van der Waals surface area contributed by atoms with Crippen LogP contribution in [0.3, 0.4) is 0 Å². The quantitative estimate of drug-likeness (QED) is 0.283. The first kappa shape index (κ1) is 24.8. The number of halogens is 1. The van der Waals surface area contributed by atoms with Crippen molar-refractivity contribution in [3.8, 4) is 11.8 Å². The minimum absolute atomic E-state index is 0.126. The van der Waals surface area contributed by atoms with Crippen LogP contribution in [-0.4, -0.2) is 37.6 Å². The van der Waals surface area contributed by atoms with E-state index in [4.69, 9.17) is 9.47 Å². The highest BCUT2D eigenvalue weighted by Gasteiger charge is 2.67. The van der Waals surface area contributed by atoms with E-state index in [1.165, 1.54) is 0 Å². The maximum atomic E-state index is 14.4. The largest absolute Gasteiger partial charge is 0.496 e. The van der Waals surface area contributed by atoms with Crippen molar-refractivity contribution in [1.82, 2.24) is 0 Å². The van der Waals surface area contributed by atoms with Gasteiger partial charge in [-0.2, -0.15) is 5.26 Å². The Morgan fingerprint density at radius 1 is 1.08 bits per heavy atom. The number of para-hydroxylation sites is 1. The number of nitriles is 1. The van der Waals surface area contributed by atoms with E-state index in [0.29, 0.717) is 15.8 Å². The maximum Gasteiger partial charge on any atom is 0.329 e. The van der Waals surface area contributed by atoms with Crippen LogP contribution in [0.1, 0.15) is 34.3 Å². The predicted octanol–water partition coefficient (Wildman–Crippen LogP) is 5.78. The summed E-state index contributed by atoms with van der Waals surface area (Å²) in [5.74, 6) is -1.01. The van der Waals surface area contributed by atoms with Crippen molar-refractivity contribution in [1.29, 1.82) is 5.26 Å². The van der Waals surface area contributed by atoms with Crippen LogP contribution in [-0.2, 0) is 9.53 Å². The summed E-state index contributed by atoms with van der Waals surface area (Å²) in [5, 5.41) is 10.8. The molecule has 0 amide bonds. The van der Waals surface area contributed by atoms with Crippen LogP contribution < -0.4 is 9.64 Å². The smallest absolute Gasteiger partial charge is 0.329 e. The zero-order valence-corrected chi connectivity index (χ0v) is 22.0. The van der Waals surface area contributed by atoms with Crippen molar-refractivity contribution in [2.45, 2.75) is 24.9 Å². The van der Waals surface area contributed by atoms with Crippen molar-refractivity contribution in [2.24, 2.45) is 5.41 Å². The molecule has 0 N–H and O–H groups in total. The van der Waals surface area contributed by atoms with E-state index >= 15 is 0 Å². The Balaban J connectivity index is 1.79. The predicted molar refractivity (Wildman–Crippen MR) is 144 cm³/mol. The van der Waals surface area contributed by atoms with Crippen molar-refractivity contribution >= 4 is 39.4 Å². The molecule has 0 unspecified atom stereocenters. The molecule has 2 aliphatic rings. The fourth-order valence-corrected chi connectivity index (χ4v) is 6.18. The third-order valence-corrected chi connectivity index (χ3v) is 7.83. The van der Waals surface area contributed by atoms with Crippen LogP contribution >= 0.6 is 15.9 Å². The normalized spacial score (nSPS) is 23.5. The zero-order valence-electron chi connectivity index (χ0n) is 20.4. The number of rotatable bonds is 6. The van der Waals surface area contributed by atoms with Crippen LogP contribution in [0, 0.1) is 16.7 Å². The van der Waals surface area contributed by atoms with Gasteiger partial charge in [-0.05, 0) is 58.2 Å². The highest BCUT2D eigenvalue weighted by atomic mass is 79.9. The second kappa shape index (κ2) is 9.87. The number of carbonyl (C=O) groups is 2. The van der Waals surface area contributed by atoms with Gasteiger partial charge in [-0.15, -0.1) is 0 Å². The number of hydrogen-bond donors (Lipinski definition) is 0. The Labute approximate surface area is 224 Å². The average molecular weight is 557 g/mol. The van der Waals surface area contributed by atoms with Gasteiger partial charge >= 0.3 is 5.97 Å². The first-order chi connectivity index (χ1) is 18.0. The second-order valence-corrected chi connectivity index (χ2v) is 9.87. The van der Waals surface area contributed by atoms with Crippen molar-refractivity contribution < 1.29 is 19.1 Å². The van der Waals surface area contributed by atoms with Gasteiger partial charge in [0.15, 0.2) is 11.2 Å².